The fourth-order valence-corrected chi connectivity index (χ4v) is 2.51. The Morgan fingerprint density at radius 1 is 1.29 bits per heavy atom. The van der Waals surface area contributed by atoms with Gasteiger partial charge in [-0.05, 0) is 39.8 Å². The van der Waals surface area contributed by atoms with Gasteiger partial charge in [0.1, 0.15) is 11.4 Å². The number of aromatic nitrogens is 2. The summed E-state index contributed by atoms with van der Waals surface area (Å²) in [5.41, 5.74) is 7.19. The molecule has 0 saturated heterocycles. The molecule has 2 aromatic rings. The molecule has 5 nitrogen and oxygen atoms in total. The molecule has 0 aliphatic rings. The molecule has 2 heterocycles. The van der Waals surface area contributed by atoms with E-state index >= 15 is 0 Å². The summed E-state index contributed by atoms with van der Waals surface area (Å²) in [6.07, 6.45) is 0.875. The van der Waals surface area contributed by atoms with Crippen LogP contribution >= 0.6 is 11.3 Å². The Bertz CT molecular complexity index is 604. The van der Waals surface area contributed by atoms with Gasteiger partial charge >= 0.3 is 0 Å². The molecule has 0 fully saturated rings. The molecule has 114 valence electrons. The molecule has 0 aliphatic heterocycles. The van der Waals surface area contributed by atoms with Gasteiger partial charge in [-0.1, -0.05) is 0 Å². The molecule has 21 heavy (non-hydrogen) atoms. The first-order valence-corrected chi connectivity index (χ1v) is 7.82. The van der Waals surface area contributed by atoms with Crippen LogP contribution in [0.25, 0.3) is 0 Å². The number of nitrogens with zero attached hydrogens (tertiary/aromatic N) is 2. The third-order valence-electron chi connectivity index (χ3n) is 2.60. The van der Waals surface area contributed by atoms with Crippen LogP contribution < -0.4 is 15.8 Å². The lowest BCUT2D eigenvalue weighted by molar-refractivity contribution is 0.125. The maximum atomic E-state index is 5.90. The SMILES string of the molecule is Cc1csc(CCNc2ccc(N)c(OC(C)(C)C)n2)n1. The standard InChI is InChI=1S/C15H22N4OS/c1-10-9-21-13(18-10)7-8-17-12-6-5-11(16)14(19-12)20-15(2,3)4/h5-6,9H,7-8,16H2,1-4H3,(H,17,19). The maximum absolute atomic E-state index is 5.90. The van der Waals surface area contributed by atoms with Crippen LogP contribution in [0.15, 0.2) is 17.5 Å². The topological polar surface area (TPSA) is 73.1 Å². The Kier molecular flexibility index (Phi) is 4.67. The molecule has 0 radical (unpaired) electrons. The highest BCUT2D eigenvalue weighted by atomic mass is 32.1. The second kappa shape index (κ2) is 6.30. The average molecular weight is 306 g/mol. The smallest absolute Gasteiger partial charge is 0.239 e. The number of thiazole rings is 1. The van der Waals surface area contributed by atoms with Gasteiger partial charge in [0.25, 0.3) is 0 Å². The Hall–Kier alpha value is -1.82. The number of ether oxygens (including phenoxy) is 1. The van der Waals surface area contributed by atoms with Crippen molar-refractivity contribution < 1.29 is 4.74 Å². The number of nitrogen functional groups attached to an aromatic ring is 1. The molecule has 0 atom stereocenters. The molecule has 3 N–H and O–H groups in total. The van der Waals surface area contributed by atoms with Crippen molar-refractivity contribution in [3.8, 4) is 5.88 Å². The van der Waals surface area contributed by atoms with E-state index < -0.39 is 0 Å². The van der Waals surface area contributed by atoms with E-state index in [0.29, 0.717) is 11.6 Å². The predicted molar refractivity (Wildman–Crippen MR) is 88.1 cm³/mol. The molecule has 0 saturated carbocycles. The lowest BCUT2D eigenvalue weighted by Crippen LogP contribution is -2.24. The summed E-state index contributed by atoms with van der Waals surface area (Å²) in [6.45, 7) is 8.70. The summed E-state index contributed by atoms with van der Waals surface area (Å²) >= 11 is 1.68. The van der Waals surface area contributed by atoms with E-state index in [0.717, 1.165) is 29.5 Å². The summed E-state index contributed by atoms with van der Waals surface area (Å²) in [7, 11) is 0. The van der Waals surface area contributed by atoms with Gasteiger partial charge in [0.2, 0.25) is 5.88 Å². The van der Waals surface area contributed by atoms with Crippen LogP contribution in [0, 0.1) is 6.92 Å². The first kappa shape index (κ1) is 15.6. The van der Waals surface area contributed by atoms with Crippen LogP contribution in [0.2, 0.25) is 0 Å². The third-order valence-corrected chi connectivity index (χ3v) is 3.63. The van der Waals surface area contributed by atoms with E-state index in [9.17, 15) is 0 Å². The molecule has 6 heteroatoms. The average Bonchev–Trinajstić information content (AvgIpc) is 2.77. The predicted octanol–water partition coefficient (Wildman–Crippen LogP) is 3.26. The summed E-state index contributed by atoms with van der Waals surface area (Å²) in [5.74, 6) is 1.23. The highest BCUT2D eigenvalue weighted by Gasteiger charge is 2.15. The van der Waals surface area contributed by atoms with Crippen molar-refractivity contribution in [3.63, 3.8) is 0 Å². The number of aryl methyl sites for hydroxylation is 1. The summed E-state index contributed by atoms with van der Waals surface area (Å²) < 4.78 is 5.75. The van der Waals surface area contributed by atoms with Gasteiger partial charge in [-0.3, -0.25) is 0 Å². The molecule has 0 aromatic carbocycles. The highest BCUT2D eigenvalue weighted by Crippen LogP contribution is 2.24. The highest BCUT2D eigenvalue weighted by molar-refractivity contribution is 7.09. The summed E-state index contributed by atoms with van der Waals surface area (Å²) in [4.78, 5) is 8.85. The van der Waals surface area contributed by atoms with E-state index in [1.54, 1.807) is 11.3 Å². The largest absolute Gasteiger partial charge is 0.470 e. The first-order chi connectivity index (χ1) is 9.83. The van der Waals surface area contributed by atoms with Crippen LogP contribution in [0.5, 0.6) is 5.88 Å². The summed E-state index contributed by atoms with van der Waals surface area (Å²) in [6, 6.07) is 3.67. The second-order valence-corrected chi connectivity index (χ2v) is 6.81. The van der Waals surface area contributed by atoms with Gasteiger partial charge in [-0.25, -0.2) is 4.98 Å². The third kappa shape index (κ3) is 4.90. The van der Waals surface area contributed by atoms with E-state index in [1.165, 1.54) is 0 Å². The zero-order chi connectivity index (χ0) is 15.5. The van der Waals surface area contributed by atoms with Crippen LogP contribution in [0.1, 0.15) is 31.5 Å². The normalized spacial score (nSPS) is 11.4. The van der Waals surface area contributed by atoms with Gasteiger partial charge in [-0.15, -0.1) is 11.3 Å². The van der Waals surface area contributed by atoms with Crippen molar-refractivity contribution in [2.45, 2.75) is 39.7 Å². The number of nitrogens with two attached hydrogens (primary N) is 1. The molecule has 2 rings (SSSR count). The zero-order valence-corrected chi connectivity index (χ0v) is 13.8. The minimum atomic E-state index is -0.321. The quantitative estimate of drug-likeness (QED) is 0.887. The van der Waals surface area contributed by atoms with Crippen LogP contribution in [0.3, 0.4) is 0 Å². The van der Waals surface area contributed by atoms with Crippen molar-refractivity contribution in [1.82, 2.24) is 9.97 Å². The molecule has 0 unspecified atom stereocenters. The fourth-order valence-electron chi connectivity index (χ4n) is 1.74. The Labute approximate surface area is 129 Å². The van der Waals surface area contributed by atoms with Crippen molar-refractivity contribution in [2.75, 3.05) is 17.6 Å². The molecular formula is C15H22N4OS. The van der Waals surface area contributed by atoms with Crippen molar-refractivity contribution in [2.24, 2.45) is 0 Å². The van der Waals surface area contributed by atoms with Crippen molar-refractivity contribution in [1.29, 1.82) is 0 Å². The molecule has 2 aromatic heterocycles. The number of nitrogens with one attached hydrogen (secondary N) is 1. The Morgan fingerprint density at radius 3 is 2.67 bits per heavy atom. The lowest BCUT2D eigenvalue weighted by Gasteiger charge is -2.21. The minimum Gasteiger partial charge on any atom is -0.470 e. The van der Waals surface area contributed by atoms with Gasteiger partial charge < -0.3 is 15.8 Å². The van der Waals surface area contributed by atoms with Crippen LogP contribution in [-0.2, 0) is 6.42 Å². The number of rotatable bonds is 5. The number of anilines is 2. The molecule has 0 aliphatic carbocycles. The molecule has 0 amide bonds. The fraction of sp³-hybridized carbons (Fsp3) is 0.467. The van der Waals surface area contributed by atoms with E-state index in [4.69, 9.17) is 10.5 Å². The monoisotopic (exact) mass is 306 g/mol. The Balaban J connectivity index is 1.95. The van der Waals surface area contributed by atoms with E-state index in [2.05, 4.69) is 20.7 Å². The van der Waals surface area contributed by atoms with Gasteiger partial charge in [0.05, 0.1) is 10.7 Å². The van der Waals surface area contributed by atoms with E-state index in [1.807, 2.05) is 39.8 Å². The molecular weight excluding hydrogens is 284 g/mol. The van der Waals surface area contributed by atoms with E-state index in [-0.39, 0.29) is 5.60 Å². The number of hydrogen-bond donors (Lipinski definition) is 2. The van der Waals surface area contributed by atoms with Crippen molar-refractivity contribution in [3.05, 3.63) is 28.2 Å². The minimum absolute atomic E-state index is 0.321. The lowest BCUT2D eigenvalue weighted by atomic mass is 10.2. The number of pyridine rings is 1. The van der Waals surface area contributed by atoms with Gasteiger partial charge in [0, 0.05) is 24.0 Å². The summed E-state index contributed by atoms with van der Waals surface area (Å²) in [5, 5.41) is 6.46. The van der Waals surface area contributed by atoms with Gasteiger partial charge in [-0.2, -0.15) is 4.98 Å². The zero-order valence-electron chi connectivity index (χ0n) is 12.9. The first-order valence-electron chi connectivity index (χ1n) is 6.94. The molecule has 0 spiro atoms. The van der Waals surface area contributed by atoms with Crippen molar-refractivity contribution >= 4 is 22.8 Å². The number of hydrogen-bond acceptors (Lipinski definition) is 6. The Morgan fingerprint density at radius 2 is 2.05 bits per heavy atom. The van der Waals surface area contributed by atoms with Crippen LogP contribution in [0.4, 0.5) is 11.5 Å². The van der Waals surface area contributed by atoms with Gasteiger partial charge in [0.15, 0.2) is 0 Å². The maximum Gasteiger partial charge on any atom is 0.239 e. The molecule has 0 bridgehead atoms. The second-order valence-electron chi connectivity index (χ2n) is 5.86. The van der Waals surface area contributed by atoms with Crippen LogP contribution in [-0.4, -0.2) is 22.1 Å².